The topological polar surface area (TPSA) is 167 Å². The van der Waals surface area contributed by atoms with Crippen molar-refractivity contribution in [2.75, 3.05) is 10.9 Å². The molecule has 1 aliphatic heterocycles. The summed E-state index contributed by atoms with van der Waals surface area (Å²) in [6.07, 6.45) is -4.56. The first kappa shape index (κ1) is 36.0. The molecule has 1 unspecified atom stereocenters. The second-order valence-electron chi connectivity index (χ2n) is 11.8. The molecule has 4 aromatic rings. The Labute approximate surface area is 284 Å². The van der Waals surface area contributed by atoms with Crippen molar-refractivity contribution in [3.63, 3.8) is 0 Å². The summed E-state index contributed by atoms with van der Waals surface area (Å²) >= 11 is 7.28. The Bertz CT molecular complexity index is 2040. The third-order valence-electron chi connectivity index (χ3n) is 7.17. The Balaban J connectivity index is 1.58. The molecule has 1 N–H and O–H groups in total. The van der Waals surface area contributed by atoms with Crippen molar-refractivity contribution >= 4 is 50.7 Å². The molecule has 262 valence electrons. The highest BCUT2D eigenvalue weighted by Gasteiger charge is 2.38. The van der Waals surface area contributed by atoms with E-state index in [1.54, 1.807) is 20.8 Å². The Morgan fingerprint density at radius 1 is 1.18 bits per heavy atom. The van der Waals surface area contributed by atoms with Gasteiger partial charge in [-0.05, 0) is 48.5 Å². The van der Waals surface area contributed by atoms with E-state index in [1.807, 2.05) is 0 Å². The van der Waals surface area contributed by atoms with Crippen LogP contribution in [0.3, 0.4) is 0 Å². The normalized spacial score (nSPS) is 15.6. The number of thiazole rings is 1. The van der Waals surface area contributed by atoms with Gasteiger partial charge in [0.1, 0.15) is 32.8 Å². The molecule has 1 saturated heterocycles. The quantitative estimate of drug-likeness (QED) is 0.105. The standard InChI is InChI=1S/C29H26ClF4N5O8S2/c1-28(2,3)26-35-23(14-48-26)38(27(40)41)49(44,45)22-11-18(30)21(12-19(22)31)47-20-8-7-15(29(32,33)34)10-16(20)17-13-37(36-25(17)39(42)43)24-6-4-5-9-46-24/h7-8,10-14,24H,4-6,9H2,1-3H3,(H,40,41). The number of aromatic nitrogens is 3. The van der Waals surface area contributed by atoms with E-state index in [0.717, 1.165) is 34.7 Å². The molecule has 0 bridgehead atoms. The summed E-state index contributed by atoms with van der Waals surface area (Å²) in [6.45, 7) is 5.65. The molecule has 1 fully saturated rings. The number of anilines is 1. The summed E-state index contributed by atoms with van der Waals surface area (Å²) in [4.78, 5) is 26.1. The molecule has 0 aliphatic carbocycles. The second kappa shape index (κ2) is 13.2. The number of nitrogens with zero attached hydrogens (tertiary/aromatic N) is 5. The Kier molecular flexibility index (Phi) is 9.67. The van der Waals surface area contributed by atoms with Crippen molar-refractivity contribution in [2.45, 2.75) is 62.7 Å². The lowest BCUT2D eigenvalue weighted by molar-refractivity contribution is -0.389. The van der Waals surface area contributed by atoms with Crippen molar-refractivity contribution in [3.05, 3.63) is 73.4 Å². The smallest absolute Gasteiger partial charge is 0.427 e. The minimum Gasteiger partial charge on any atom is -0.464 e. The van der Waals surface area contributed by atoms with Crippen LogP contribution in [0.4, 0.5) is 34.0 Å². The Morgan fingerprint density at radius 3 is 2.47 bits per heavy atom. The van der Waals surface area contributed by atoms with Crippen LogP contribution >= 0.6 is 22.9 Å². The summed E-state index contributed by atoms with van der Waals surface area (Å²) in [5.41, 5.74) is -2.61. The van der Waals surface area contributed by atoms with E-state index in [1.165, 1.54) is 5.38 Å². The molecule has 0 saturated carbocycles. The third-order valence-corrected chi connectivity index (χ3v) is 10.4. The van der Waals surface area contributed by atoms with Crippen LogP contribution in [0.5, 0.6) is 11.5 Å². The van der Waals surface area contributed by atoms with Gasteiger partial charge in [0, 0.05) is 29.0 Å². The number of hydrogen-bond donors (Lipinski definition) is 1. The summed E-state index contributed by atoms with van der Waals surface area (Å²) < 4.78 is 96.1. The Morgan fingerprint density at radius 2 is 1.90 bits per heavy atom. The average Bonchev–Trinajstić information content (AvgIpc) is 3.67. The highest BCUT2D eigenvalue weighted by atomic mass is 35.5. The van der Waals surface area contributed by atoms with E-state index in [2.05, 4.69) is 10.1 Å². The zero-order valence-electron chi connectivity index (χ0n) is 25.7. The van der Waals surface area contributed by atoms with Gasteiger partial charge >= 0.3 is 18.1 Å². The van der Waals surface area contributed by atoms with Crippen molar-refractivity contribution in [2.24, 2.45) is 0 Å². The van der Waals surface area contributed by atoms with Gasteiger partial charge in [-0.25, -0.2) is 22.6 Å². The second-order valence-corrected chi connectivity index (χ2v) is 14.8. The molecule has 0 radical (unpaired) electrons. The molecule has 0 spiro atoms. The van der Waals surface area contributed by atoms with E-state index in [0.29, 0.717) is 48.7 Å². The van der Waals surface area contributed by atoms with E-state index < -0.39 is 88.9 Å². The summed E-state index contributed by atoms with van der Waals surface area (Å²) in [7, 11) is -5.18. The zero-order chi connectivity index (χ0) is 36.1. The summed E-state index contributed by atoms with van der Waals surface area (Å²) in [6, 6.07) is 3.09. The Hall–Kier alpha value is -4.33. The molecule has 1 aliphatic rings. The van der Waals surface area contributed by atoms with Gasteiger partial charge in [-0.15, -0.1) is 15.6 Å². The SMILES string of the molecule is CC(C)(C)c1nc(N(C(=O)O)S(=O)(=O)c2cc(Cl)c(Oc3ccc(C(F)(F)F)cc3-c3cn(C4CCCCO4)nc3[N+](=O)[O-])cc2F)cs1. The maximum atomic E-state index is 15.6. The van der Waals surface area contributed by atoms with Crippen molar-refractivity contribution < 1.29 is 50.3 Å². The highest BCUT2D eigenvalue weighted by Crippen LogP contribution is 2.44. The van der Waals surface area contributed by atoms with Crippen LogP contribution in [0.2, 0.25) is 5.02 Å². The number of rotatable bonds is 8. The van der Waals surface area contributed by atoms with Gasteiger partial charge in [0.15, 0.2) is 12.0 Å². The van der Waals surface area contributed by atoms with Gasteiger partial charge in [-0.3, -0.25) is 0 Å². The third kappa shape index (κ3) is 7.34. The number of sulfonamides is 1. The minimum absolute atomic E-state index is 0.116. The predicted molar refractivity (Wildman–Crippen MR) is 168 cm³/mol. The molecule has 13 nitrogen and oxygen atoms in total. The van der Waals surface area contributed by atoms with Crippen LogP contribution in [0.25, 0.3) is 11.1 Å². The van der Waals surface area contributed by atoms with Gasteiger partial charge in [-0.2, -0.15) is 17.9 Å². The number of ether oxygens (including phenoxy) is 2. The molecule has 20 heteroatoms. The maximum absolute atomic E-state index is 15.6. The lowest BCUT2D eigenvalue weighted by Gasteiger charge is -2.20. The minimum atomic E-state index is -5.18. The molecule has 49 heavy (non-hydrogen) atoms. The first-order valence-corrected chi connectivity index (χ1v) is 17.0. The van der Waals surface area contributed by atoms with Crippen LogP contribution in [-0.2, 0) is 26.4 Å². The molecular formula is C29H26ClF4N5O8S2. The number of nitro groups is 1. The highest BCUT2D eigenvalue weighted by molar-refractivity contribution is 7.93. The van der Waals surface area contributed by atoms with Gasteiger partial charge in [0.05, 0.1) is 21.9 Å². The zero-order valence-corrected chi connectivity index (χ0v) is 28.1. The largest absolute Gasteiger partial charge is 0.464 e. The first-order chi connectivity index (χ1) is 22.8. The van der Waals surface area contributed by atoms with Crippen LogP contribution in [-0.4, -0.2) is 45.9 Å². The maximum Gasteiger partial charge on any atom is 0.427 e. The van der Waals surface area contributed by atoms with Crippen LogP contribution < -0.4 is 9.04 Å². The summed E-state index contributed by atoms with van der Waals surface area (Å²) in [5, 5.41) is 26.7. The molecule has 2 aromatic heterocycles. The monoisotopic (exact) mass is 747 g/mol. The lowest BCUT2D eigenvalue weighted by Crippen LogP contribution is -2.36. The van der Waals surface area contributed by atoms with Gasteiger partial charge in [-0.1, -0.05) is 32.4 Å². The lowest BCUT2D eigenvalue weighted by atomic mass is 9.98. The predicted octanol–water partition coefficient (Wildman–Crippen LogP) is 8.39. The fourth-order valence-electron chi connectivity index (χ4n) is 4.82. The fourth-order valence-corrected chi connectivity index (χ4v) is 7.35. The molecule has 3 heterocycles. The molecule has 2 aromatic carbocycles. The number of alkyl halides is 3. The molecule has 1 amide bonds. The molecular weight excluding hydrogens is 722 g/mol. The van der Waals surface area contributed by atoms with Crippen molar-refractivity contribution in [1.82, 2.24) is 14.8 Å². The van der Waals surface area contributed by atoms with Crippen LogP contribution in [0, 0.1) is 15.9 Å². The number of benzene rings is 2. The van der Waals surface area contributed by atoms with E-state index in [-0.39, 0.29) is 9.87 Å². The number of halogens is 5. The van der Waals surface area contributed by atoms with Crippen LogP contribution in [0.1, 0.15) is 56.8 Å². The van der Waals surface area contributed by atoms with Crippen molar-refractivity contribution in [3.8, 4) is 22.6 Å². The average molecular weight is 748 g/mol. The van der Waals surface area contributed by atoms with Gasteiger partial charge < -0.3 is 24.7 Å². The number of hydrogen-bond acceptors (Lipinski definition) is 10. The first-order valence-electron chi connectivity index (χ1n) is 14.3. The van der Waals surface area contributed by atoms with E-state index in [9.17, 15) is 41.6 Å². The van der Waals surface area contributed by atoms with Gasteiger partial charge in [0.2, 0.25) is 0 Å². The number of carbonyl (C=O) groups is 1. The number of amides is 1. The van der Waals surface area contributed by atoms with Gasteiger partial charge in [0.25, 0.3) is 10.0 Å². The summed E-state index contributed by atoms with van der Waals surface area (Å²) in [5.74, 6) is -3.91. The van der Waals surface area contributed by atoms with Crippen LogP contribution in [0.15, 0.2) is 46.8 Å². The number of carboxylic acid groups (broad SMARTS) is 1. The fraction of sp³-hybridized carbons (Fsp3) is 0.345. The van der Waals surface area contributed by atoms with E-state index >= 15 is 4.39 Å². The van der Waals surface area contributed by atoms with Crippen molar-refractivity contribution in [1.29, 1.82) is 0 Å². The van der Waals surface area contributed by atoms with E-state index in [4.69, 9.17) is 21.1 Å². The molecule has 5 rings (SSSR count). The molecule has 1 atom stereocenters.